The van der Waals surface area contributed by atoms with Crippen molar-refractivity contribution in [3.63, 3.8) is 0 Å². The fraction of sp³-hybridized carbons (Fsp3) is 0.368. The Morgan fingerprint density at radius 1 is 1.37 bits per heavy atom. The van der Waals surface area contributed by atoms with Crippen LogP contribution in [0.15, 0.2) is 30.6 Å². The second-order valence-corrected chi connectivity index (χ2v) is 9.08. The summed E-state index contributed by atoms with van der Waals surface area (Å²) in [5.41, 5.74) is 7.94. The Balaban J connectivity index is 1.81. The number of nitrogens with two attached hydrogens (primary N) is 1. The number of hydrogen-bond donors (Lipinski definition) is 3. The molecular weight excluding hydrogens is 408 g/mol. The van der Waals surface area contributed by atoms with Crippen molar-refractivity contribution in [1.29, 1.82) is 5.41 Å². The van der Waals surface area contributed by atoms with E-state index in [-0.39, 0.29) is 17.4 Å². The molecule has 0 fully saturated rings. The molecule has 1 aliphatic rings. The number of nitrogens with one attached hydrogen (secondary N) is 2. The SMILES string of the molecule is COc1cnc(C(=O)Nc2ccc3c(c2)C(CS(=O)(=O)N(C)C(=N)N)CCC3)cn1. The molecule has 4 N–H and O–H groups in total. The Kier molecular flexibility index (Phi) is 6.20. The fourth-order valence-corrected chi connectivity index (χ4v) is 4.78. The number of sulfonamides is 1. The van der Waals surface area contributed by atoms with Crippen molar-refractivity contribution in [2.45, 2.75) is 25.2 Å². The lowest BCUT2D eigenvalue weighted by Crippen LogP contribution is -2.40. The van der Waals surface area contributed by atoms with E-state index in [4.69, 9.17) is 15.9 Å². The maximum absolute atomic E-state index is 12.6. The number of carbonyl (C=O) groups is 1. The van der Waals surface area contributed by atoms with E-state index in [2.05, 4.69) is 15.3 Å². The Bertz CT molecular complexity index is 1060. The zero-order chi connectivity index (χ0) is 21.9. The predicted octanol–water partition coefficient (Wildman–Crippen LogP) is 1.31. The quantitative estimate of drug-likeness (QED) is 0.460. The van der Waals surface area contributed by atoms with Gasteiger partial charge in [0.15, 0.2) is 0 Å². The largest absolute Gasteiger partial charge is 0.480 e. The molecule has 0 radical (unpaired) electrons. The van der Waals surface area contributed by atoms with E-state index in [9.17, 15) is 13.2 Å². The summed E-state index contributed by atoms with van der Waals surface area (Å²) in [5.74, 6) is -1.05. The third-order valence-electron chi connectivity index (χ3n) is 5.08. The van der Waals surface area contributed by atoms with Crippen LogP contribution in [0.4, 0.5) is 5.69 Å². The molecule has 1 heterocycles. The molecular formula is C19H24N6O4S. The van der Waals surface area contributed by atoms with E-state index in [1.807, 2.05) is 6.07 Å². The third-order valence-corrected chi connectivity index (χ3v) is 6.94. The van der Waals surface area contributed by atoms with Crippen molar-refractivity contribution < 1.29 is 17.9 Å². The lowest BCUT2D eigenvalue weighted by molar-refractivity contribution is 0.102. The number of aromatic nitrogens is 2. The third kappa shape index (κ3) is 4.67. The van der Waals surface area contributed by atoms with Gasteiger partial charge in [-0.25, -0.2) is 22.7 Å². The van der Waals surface area contributed by atoms with Crippen molar-refractivity contribution in [3.8, 4) is 5.88 Å². The van der Waals surface area contributed by atoms with Crippen molar-refractivity contribution in [1.82, 2.24) is 14.3 Å². The molecule has 0 saturated heterocycles. The van der Waals surface area contributed by atoms with Gasteiger partial charge < -0.3 is 15.8 Å². The molecule has 0 spiro atoms. The van der Waals surface area contributed by atoms with Crippen LogP contribution in [0.1, 0.15) is 40.4 Å². The lowest BCUT2D eigenvalue weighted by atomic mass is 9.83. The van der Waals surface area contributed by atoms with Gasteiger partial charge in [0.25, 0.3) is 5.91 Å². The molecule has 1 aromatic heterocycles. The molecule has 0 aliphatic heterocycles. The molecule has 30 heavy (non-hydrogen) atoms. The minimum Gasteiger partial charge on any atom is -0.480 e. The minimum absolute atomic E-state index is 0.135. The van der Waals surface area contributed by atoms with Crippen molar-refractivity contribution in [2.75, 3.05) is 25.2 Å². The van der Waals surface area contributed by atoms with Gasteiger partial charge in [-0.3, -0.25) is 10.2 Å². The molecule has 11 heteroatoms. The summed E-state index contributed by atoms with van der Waals surface area (Å²) < 4.78 is 30.8. The number of carbonyl (C=O) groups excluding carboxylic acids is 1. The van der Waals surface area contributed by atoms with Gasteiger partial charge in [-0.15, -0.1) is 0 Å². The summed E-state index contributed by atoms with van der Waals surface area (Å²) in [4.78, 5) is 20.4. The number of hydrogen-bond acceptors (Lipinski definition) is 7. The second-order valence-electron chi connectivity index (χ2n) is 7.03. The van der Waals surface area contributed by atoms with Crippen LogP contribution in [0, 0.1) is 5.41 Å². The number of methoxy groups -OCH3 is 1. The van der Waals surface area contributed by atoms with E-state index in [0.717, 1.165) is 28.3 Å². The predicted molar refractivity (Wildman–Crippen MR) is 112 cm³/mol. The van der Waals surface area contributed by atoms with Gasteiger partial charge in [0, 0.05) is 12.7 Å². The van der Waals surface area contributed by atoms with Gasteiger partial charge in [0.05, 0.1) is 25.3 Å². The normalized spacial score (nSPS) is 15.7. The second kappa shape index (κ2) is 8.66. The summed E-state index contributed by atoms with van der Waals surface area (Å²) in [6, 6.07) is 5.49. The highest BCUT2D eigenvalue weighted by Crippen LogP contribution is 2.35. The Morgan fingerprint density at radius 2 is 2.13 bits per heavy atom. The monoisotopic (exact) mass is 432 g/mol. The number of ether oxygens (including phenoxy) is 1. The molecule has 3 rings (SSSR count). The summed E-state index contributed by atoms with van der Waals surface area (Å²) in [7, 11) is -0.989. The molecule has 10 nitrogen and oxygen atoms in total. The van der Waals surface area contributed by atoms with Crippen LogP contribution in [0.2, 0.25) is 0 Å². The summed E-state index contributed by atoms with van der Waals surface area (Å²) in [6.07, 6.45) is 5.07. The molecule has 1 unspecified atom stereocenters. The number of benzene rings is 1. The van der Waals surface area contributed by atoms with Crippen LogP contribution in [0.25, 0.3) is 0 Å². The number of aryl methyl sites for hydroxylation is 1. The average Bonchev–Trinajstić information content (AvgIpc) is 2.73. The number of rotatable bonds is 6. The molecule has 1 atom stereocenters. The molecule has 2 aromatic rings. The first-order valence-corrected chi connectivity index (χ1v) is 10.9. The average molecular weight is 433 g/mol. The summed E-state index contributed by atoms with van der Waals surface area (Å²) in [5, 5.41) is 10.2. The van der Waals surface area contributed by atoms with Crippen molar-refractivity contribution in [3.05, 3.63) is 47.4 Å². The molecule has 1 aromatic carbocycles. The standard InChI is InChI=1S/C19H24N6O4S/c1-25(19(20)21)30(27,28)11-13-5-3-4-12-6-7-14(8-15(12)13)24-18(26)16-9-23-17(29-2)10-22-16/h6-10,13H,3-5,11H2,1-2H3,(H3,20,21)(H,24,26). The minimum atomic E-state index is -3.72. The van der Waals surface area contributed by atoms with Gasteiger partial charge in [-0.2, -0.15) is 0 Å². The van der Waals surface area contributed by atoms with Crippen LogP contribution in [0.3, 0.4) is 0 Å². The smallest absolute Gasteiger partial charge is 0.275 e. The fourth-order valence-electron chi connectivity index (χ4n) is 3.40. The van der Waals surface area contributed by atoms with Crippen LogP contribution >= 0.6 is 0 Å². The number of guanidine groups is 1. The van der Waals surface area contributed by atoms with Gasteiger partial charge >= 0.3 is 0 Å². The summed E-state index contributed by atoms with van der Waals surface area (Å²) >= 11 is 0. The lowest BCUT2D eigenvalue weighted by Gasteiger charge is -2.28. The molecule has 160 valence electrons. The zero-order valence-corrected chi connectivity index (χ0v) is 17.6. The molecule has 0 bridgehead atoms. The highest BCUT2D eigenvalue weighted by Gasteiger charge is 2.29. The van der Waals surface area contributed by atoms with Crippen LogP contribution in [-0.2, 0) is 16.4 Å². The maximum atomic E-state index is 12.6. The van der Waals surface area contributed by atoms with E-state index in [1.54, 1.807) is 12.1 Å². The Hall–Kier alpha value is -3.21. The van der Waals surface area contributed by atoms with Crippen LogP contribution in [0.5, 0.6) is 5.88 Å². The molecule has 1 amide bonds. The maximum Gasteiger partial charge on any atom is 0.275 e. The highest BCUT2D eigenvalue weighted by atomic mass is 32.2. The topological polar surface area (TPSA) is 151 Å². The Morgan fingerprint density at radius 3 is 2.77 bits per heavy atom. The first kappa shape index (κ1) is 21.5. The van der Waals surface area contributed by atoms with Gasteiger partial charge in [0.1, 0.15) is 5.69 Å². The van der Waals surface area contributed by atoms with Crippen molar-refractivity contribution >= 4 is 27.6 Å². The number of amides is 1. The molecule has 1 aliphatic carbocycles. The summed E-state index contributed by atoms with van der Waals surface area (Å²) in [6.45, 7) is 0. The van der Waals surface area contributed by atoms with Gasteiger partial charge in [0.2, 0.25) is 21.9 Å². The highest BCUT2D eigenvalue weighted by molar-refractivity contribution is 7.89. The van der Waals surface area contributed by atoms with Crippen molar-refractivity contribution in [2.24, 2.45) is 5.73 Å². The van der Waals surface area contributed by atoms with Crippen LogP contribution < -0.4 is 15.8 Å². The number of anilines is 1. The van der Waals surface area contributed by atoms with E-state index in [1.165, 1.54) is 26.6 Å². The molecule has 0 saturated carbocycles. The number of nitrogens with zero attached hydrogens (tertiary/aromatic N) is 3. The van der Waals surface area contributed by atoms with Crippen LogP contribution in [-0.4, -0.2) is 54.5 Å². The van der Waals surface area contributed by atoms with Gasteiger partial charge in [-0.05, 0) is 48.4 Å². The zero-order valence-electron chi connectivity index (χ0n) is 16.8. The van der Waals surface area contributed by atoms with E-state index in [0.29, 0.717) is 18.0 Å². The van der Waals surface area contributed by atoms with E-state index >= 15 is 0 Å². The Labute approximate surface area is 175 Å². The van der Waals surface area contributed by atoms with E-state index < -0.39 is 21.9 Å². The first-order chi connectivity index (χ1) is 14.2. The van der Waals surface area contributed by atoms with Gasteiger partial charge in [-0.1, -0.05) is 6.07 Å². The first-order valence-electron chi connectivity index (χ1n) is 9.32. The number of fused-ring (bicyclic) bond motifs is 1.